The second-order valence-corrected chi connectivity index (χ2v) is 5.72. The Labute approximate surface area is 133 Å². The van der Waals surface area contributed by atoms with Gasteiger partial charge < -0.3 is 9.72 Å². The topological polar surface area (TPSA) is 46.4 Å². The van der Waals surface area contributed by atoms with E-state index >= 15 is 0 Å². The monoisotopic (exact) mass is 313 g/mol. The number of imidazole rings is 1. The highest BCUT2D eigenvalue weighted by molar-refractivity contribution is 6.30. The van der Waals surface area contributed by atoms with E-state index in [0.29, 0.717) is 11.6 Å². The zero-order valence-electron chi connectivity index (χ0n) is 12.2. The van der Waals surface area contributed by atoms with E-state index in [2.05, 4.69) is 10.3 Å². The molecule has 1 amide bonds. The van der Waals surface area contributed by atoms with Crippen LogP contribution in [-0.4, -0.2) is 15.3 Å². The van der Waals surface area contributed by atoms with Gasteiger partial charge in [0.25, 0.3) is 0 Å². The Morgan fingerprint density at radius 1 is 1.27 bits per heavy atom. The van der Waals surface area contributed by atoms with Crippen molar-refractivity contribution in [3.05, 3.63) is 70.6 Å². The molecule has 0 radical (unpaired) electrons. The number of carbonyl (C=O) groups excluding carboxylic acids is 1. The number of nitrogens with one attached hydrogen (secondary N) is 1. The summed E-state index contributed by atoms with van der Waals surface area (Å²) in [6.07, 6.45) is 4.11. The third kappa shape index (κ3) is 3.46. The van der Waals surface area contributed by atoms with Crippen molar-refractivity contribution in [1.29, 1.82) is 0 Å². The van der Waals surface area contributed by atoms with Crippen LogP contribution in [0.4, 0.5) is 0 Å². The van der Waals surface area contributed by atoms with E-state index < -0.39 is 0 Å². The number of hydrogen-bond acceptors (Lipinski definition) is 2. The molecule has 1 aromatic carbocycles. The number of amides is 1. The molecule has 112 valence electrons. The van der Waals surface area contributed by atoms with Gasteiger partial charge in [-0.25, -0.2) is 4.98 Å². The highest BCUT2D eigenvalue weighted by Gasteiger charge is 2.07. The summed E-state index contributed by atoms with van der Waals surface area (Å²) >= 11 is 5.83. The molecule has 3 rings (SSSR count). The average molecular weight is 314 g/mol. The number of aromatic nitrogens is 2. The first-order valence-corrected chi connectivity index (χ1v) is 7.43. The van der Waals surface area contributed by atoms with Gasteiger partial charge in [0.2, 0.25) is 5.91 Å². The van der Waals surface area contributed by atoms with Crippen LogP contribution < -0.4 is 5.32 Å². The van der Waals surface area contributed by atoms with Crippen LogP contribution >= 0.6 is 11.6 Å². The highest BCUT2D eigenvalue weighted by Crippen LogP contribution is 2.10. The van der Waals surface area contributed by atoms with Crippen LogP contribution in [0.5, 0.6) is 0 Å². The molecule has 4 nitrogen and oxygen atoms in total. The number of fused-ring (bicyclic) bond motifs is 1. The number of aryl methyl sites for hydroxylation is 1. The molecule has 0 atom stereocenters. The van der Waals surface area contributed by atoms with Gasteiger partial charge in [0, 0.05) is 24.0 Å². The molecule has 2 heterocycles. The first-order chi connectivity index (χ1) is 10.6. The fraction of sp³-hybridized carbons (Fsp3) is 0.176. The zero-order valence-corrected chi connectivity index (χ0v) is 13.0. The number of carbonyl (C=O) groups is 1. The summed E-state index contributed by atoms with van der Waals surface area (Å²) in [4.78, 5) is 16.5. The normalized spacial score (nSPS) is 10.8. The molecule has 0 unspecified atom stereocenters. The van der Waals surface area contributed by atoms with Gasteiger partial charge in [-0.1, -0.05) is 23.7 Å². The van der Waals surface area contributed by atoms with Crippen molar-refractivity contribution in [3.63, 3.8) is 0 Å². The Hall–Kier alpha value is -2.33. The van der Waals surface area contributed by atoms with E-state index in [4.69, 9.17) is 11.6 Å². The molecule has 3 aromatic rings. The first kappa shape index (κ1) is 14.6. The maximum absolute atomic E-state index is 12.0. The summed E-state index contributed by atoms with van der Waals surface area (Å²) in [7, 11) is 0. The summed E-state index contributed by atoms with van der Waals surface area (Å²) in [5, 5.41) is 3.58. The van der Waals surface area contributed by atoms with Crippen LogP contribution in [0.25, 0.3) is 5.65 Å². The van der Waals surface area contributed by atoms with Crippen LogP contribution in [0.2, 0.25) is 5.02 Å². The van der Waals surface area contributed by atoms with Gasteiger partial charge in [0.15, 0.2) is 0 Å². The third-order valence-corrected chi connectivity index (χ3v) is 3.66. The van der Waals surface area contributed by atoms with E-state index in [0.717, 1.165) is 22.5 Å². The van der Waals surface area contributed by atoms with E-state index in [1.165, 1.54) is 0 Å². The van der Waals surface area contributed by atoms with E-state index in [-0.39, 0.29) is 12.3 Å². The smallest absolute Gasteiger partial charge is 0.226 e. The highest BCUT2D eigenvalue weighted by atomic mass is 35.5. The third-order valence-electron chi connectivity index (χ3n) is 3.41. The number of halogens is 1. The van der Waals surface area contributed by atoms with Gasteiger partial charge in [-0.2, -0.15) is 0 Å². The van der Waals surface area contributed by atoms with Gasteiger partial charge in [0.1, 0.15) is 5.65 Å². The molecule has 0 saturated carbocycles. The molecule has 0 spiro atoms. The minimum atomic E-state index is -0.0462. The fourth-order valence-corrected chi connectivity index (χ4v) is 2.38. The lowest BCUT2D eigenvalue weighted by Crippen LogP contribution is -2.24. The van der Waals surface area contributed by atoms with E-state index in [9.17, 15) is 4.79 Å². The molecule has 0 saturated heterocycles. The molecule has 0 fully saturated rings. The number of benzene rings is 1. The number of nitrogens with zero attached hydrogens (tertiary/aromatic N) is 2. The van der Waals surface area contributed by atoms with Crippen molar-refractivity contribution in [2.75, 3.05) is 0 Å². The molecular formula is C17H16ClN3O. The Kier molecular flexibility index (Phi) is 4.11. The lowest BCUT2D eigenvalue weighted by molar-refractivity contribution is -0.120. The SMILES string of the molecule is Cc1ccn2cc(CC(=O)NCc3ccc(Cl)cc3)nc2c1. The maximum atomic E-state index is 12.0. The van der Waals surface area contributed by atoms with Crippen molar-refractivity contribution >= 4 is 23.2 Å². The van der Waals surface area contributed by atoms with Crippen molar-refractivity contribution < 1.29 is 4.79 Å². The van der Waals surface area contributed by atoms with Crippen LogP contribution in [0.1, 0.15) is 16.8 Å². The molecule has 5 heteroatoms. The zero-order chi connectivity index (χ0) is 15.5. The molecule has 0 aliphatic heterocycles. The number of rotatable bonds is 4. The predicted molar refractivity (Wildman–Crippen MR) is 86.9 cm³/mol. The first-order valence-electron chi connectivity index (χ1n) is 7.05. The van der Waals surface area contributed by atoms with Gasteiger partial charge in [-0.05, 0) is 42.3 Å². The van der Waals surface area contributed by atoms with Gasteiger partial charge in [-0.3, -0.25) is 4.79 Å². The summed E-state index contributed by atoms with van der Waals surface area (Å²) in [5.41, 5.74) is 3.79. The second kappa shape index (κ2) is 6.20. The minimum Gasteiger partial charge on any atom is -0.352 e. The van der Waals surface area contributed by atoms with Crippen LogP contribution in [0.15, 0.2) is 48.8 Å². The summed E-state index contributed by atoms with van der Waals surface area (Å²) < 4.78 is 1.93. The Morgan fingerprint density at radius 3 is 2.82 bits per heavy atom. The standard InChI is InChI=1S/C17H16ClN3O/c1-12-6-7-21-11-15(20-16(21)8-12)9-17(22)19-10-13-2-4-14(18)5-3-13/h2-8,11H,9-10H2,1H3,(H,19,22). The second-order valence-electron chi connectivity index (χ2n) is 5.28. The van der Waals surface area contributed by atoms with Crippen LogP contribution in [0, 0.1) is 6.92 Å². The average Bonchev–Trinajstić information content (AvgIpc) is 2.88. The van der Waals surface area contributed by atoms with Crippen molar-refractivity contribution in [2.45, 2.75) is 19.9 Å². The summed E-state index contributed by atoms with van der Waals surface area (Å²) in [6, 6.07) is 11.4. The fourth-order valence-electron chi connectivity index (χ4n) is 2.25. The van der Waals surface area contributed by atoms with Crippen molar-refractivity contribution in [2.24, 2.45) is 0 Å². The van der Waals surface area contributed by atoms with Crippen molar-refractivity contribution in [3.8, 4) is 0 Å². The molecular weight excluding hydrogens is 298 g/mol. The Morgan fingerprint density at radius 2 is 2.05 bits per heavy atom. The lowest BCUT2D eigenvalue weighted by Gasteiger charge is -2.04. The molecule has 0 aliphatic rings. The maximum Gasteiger partial charge on any atom is 0.226 e. The number of pyridine rings is 1. The van der Waals surface area contributed by atoms with Crippen LogP contribution in [-0.2, 0) is 17.8 Å². The largest absolute Gasteiger partial charge is 0.352 e. The number of hydrogen-bond donors (Lipinski definition) is 1. The summed E-state index contributed by atoms with van der Waals surface area (Å²) in [5.74, 6) is -0.0462. The molecule has 0 bridgehead atoms. The molecule has 2 aromatic heterocycles. The minimum absolute atomic E-state index is 0.0462. The quantitative estimate of drug-likeness (QED) is 0.804. The van der Waals surface area contributed by atoms with Crippen LogP contribution in [0.3, 0.4) is 0 Å². The van der Waals surface area contributed by atoms with E-state index in [1.807, 2.05) is 60.1 Å². The van der Waals surface area contributed by atoms with Gasteiger partial charge >= 0.3 is 0 Å². The predicted octanol–water partition coefficient (Wildman–Crippen LogP) is 3.16. The lowest BCUT2D eigenvalue weighted by atomic mass is 10.2. The van der Waals surface area contributed by atoms with Gasteiger partial charge in [-0.15, -0.1) is 0 Å². The molecule has 1 N–H and O–H groups in total. The molecule has 22 heavy (non-hydrogen) atoms. The Balaban J connectivity index is 1.61. The van der Waals surface area contributed by atoms with Gasteiger partial charge in [0.05, 0.1) is 12.1 Å². The Bertz CT molecular complexity index is 808. The molecule has 0 aliphatic carbocycles. The van der Waals surface area contributed by atoms with Crippen molar-refractivity contribution in [1.82, 2.24) is 14.7 Å². The summed E-state index contributed by atoms with van der Waals surface area (Å²) in [6.45, 7) is 2.51. The van der Waals surface area contributed by atoms with E-state index in [1.54, 1.807) is 0 Å².